The third-order valence-electron chi connectivity index (χ3n) is 5.25. The summed E-state index contributed by atoms with van der Waals surface area (Å²) in [4.78, 5) is 4.28. The monoisotopic (exact) mass is 413 g/mol. The Bertz CT molecular complexity index is 899. The highest BCUT2D eigenvalue weighted by molar-refractivity contribution is 5.79. The lowest BCUT2D eigenvalue weighted by Gasteiger charge is -2.21. The molecule has 0 bridgehead atoms. The van der Waals surface area contributed by atoms with Gasteiger partial charge in [0.1, 0.15) is 17.3 Å². The van der Waals surface area contributed by atoms with Crippen LogP contribution < -0.4 is 20.1 Å². The molecular formula is C23H28FN3O3. The first kappa shape index (κ1) is 20.5. The molecule has 1 saturated carbocycles. The molecule has 1 aliphatic carbocycles. The van der Waals surface area contributed by atoms with Crippen molar-refractivity contribution in [1.82, 2.24) is 10.6 Å². The molecule has 2 aromatic carbocycles. The molecule has 0 amide bonds. The number of fused-ring (bicyclic) bond motifs is 1. The Kier molecular flexibility index (Phi) is 6.69. The molecular weight excluding hydrogens is 385 g/mol. The summed E-state index contributed by atoms with van der Waals surface area (Å²) < 4.78 is 30.7. The van der Waals surface area contributed by atoms with E-state index in [0.717, 1.165) is 34.8 Å². The third-order valence-corrected chi connectivity index (χ3v) is 5.25. The van der Waals surface area contributed by atoms with Crippen molar-refractivity contribution in [2.24, 2.45) is 10.9 Å². The molecule has 30 heavy (non-hydrogen) atoms. The number of ether oxygens (including phenoxy) is 3. The van der Waals surface area contributed by atoms with Gasteiger partial charge in [-0.05, 0) is 48.9 Å². The fourth-order valence-electron chi connectivity index (χ4n) is 3.44. The first-order valence-electron chi connectivity index (χ1n) is 10.4. The second kappa shape index (κ2) is 9.80. The molecule has 0 spiro atoms. The normalized spacial score (nSPS) is 15.9. The van der Waals surface area contributed by atoms with Gasteiger partial charge in [-0.15, -0.1) is 0 Å². The Balaban J connectivity index is 1.29. The molecule has 1 aliphatic heterocycles. The topological polar surface area (TPSA) is 64.1 Å². The maximum absolute atomic E-state index is 13.9. The van der Waals surface area contributed by atoms with Crippen LogP contribution in [0.5, 0.6) is 11.5 Å². The van der Waals surface area contributed by atoms with Crippen molar-refractivity contribution in [3.05, 3.63) is 58.9 Å². The first-order valence-corrected chi connectivity index (χ1v) is 10.4. The number of hydrogen-bond donors (Lipinski definition) is 2. The van der Waals surface area contributed by atoms with Gasteiger partial charge in [0.05, 0.1) is 13.2 Å². The maximum atomic E-state index is 13.9. The second-order valence-corrected chi connectivity index (χ2v) is 7.63. The summed E-state index contributed by atoms with van der Waals surface area (Å²) in [6.07, 6.45) is 3.15. The van der Waals surface area contributed by atoms with Gasteiger partial charge in [-0.1, -0.05) is 18.2 Å². The van der Waals surface area contributed by atoms with Crippen LogP contribution in [-0.2, 0) is 24.3 Å². The summed E-state index contributed by atoms with van der Waals surface area (Å²) in [6.45, 7) is 2.56. The van der Waals surface area contributed by atoms with Gasteiger partial charge in [-0.25, -0.2) is 4.39 Å². The summed E-state index contributed by atoms with van der Waals surface area (Å²) in [5, 5.41) is 6.61. The molecule has 1 heterocycles. The van der Waals surface area contributed by atoms with Crippen molar-refractivity contribution in [3.8, 4) is 11.5 Å². The van der Waals surface area contributed by atoms with Crippen LogP contribution in [0.25, 0.3) is 0 Å². The van der Waals surface area contributed by atoms with Crippen LogP contribution in [0.1, 0.15) is 29.5 Å². The Morgan fingerprint density at radius 3 is 2.90 bits per heavy atom. The van der Waals surface area contributed by atoms with E-state index < -0.39 is 0 Å². The zero-order valence-electron chi connectivity index (χ0n) is 17.2. The fraction of sp³-hybridized carbons (Fsp3) is 0.435. The zero-order valence-corrected chi connectivity index (χ0v) is 17.2. The van der Waals surface area contributed by atoms with Gasteiger partial charge >= 0.3 is 0 Å². The molecule has 0 atom stereocenters. The minimum absolute atomic E-state index is 0.199. The predicted octanol–water partition coefficient (Wildman–Crippen LogP) is 3.39. The number of nitrogens with one attached hydrogen (secondary N) is 2. The number of hydrogen-bond acceptors (Lipinski definition) is 4. The zero-order chi connectivity index (χ0) is 20.8. The van der Waals surface area contributed by atoms with E-state index in [1.807, 2.05) is 18.2 Å². The lowest BCUT2D eigenvalue weighted by atomic mass is 10.1. The number of rotatable bonds is 8. The van der Waals surface area contributed by atoms with Crippen LogP contribution in [0.15, 0.2) is 41.4 Å². The Morgan fingerprint density at radius 2 is 2.07 bits per heavy atom. The van der Waals surface area contributed by atoms with Crippen LogP contribution in [0.2, 0.25) is 0 Å². The van der Waals surface area contributed by atoms with Crippen molar-refractivity contribution in [2.45, 2.75) is 32.4 Å². The smallest absolute Gasteiger partial charge is 0.191 e. The first-order chi connectivity index (χ1) is 14.7. The molecule has 0 saturated heterocycles. The summed E-state index contributed by atoms with van der Waals surface area (Å²) >= 11 is 0. The Morgan fingerprint density at radius 1 is 1.20 bits per heavy atom. The van der Waals surface area contributed by atoms with Gasteiger partial charge in [-0.3, -0.25) is 4.99 Å². The number of benzene rings is 2. The Hall–Kier alpha value is -2.80. The fourth-order valence-corrected chi connectivity index (χ4v) is 3.44. The molecule has 160 valence electrons. The SMILES string of the molecule is CN=C(NCCc1cc(F)cc2c1OCOC2)NCc1ccccc1OCC1CC1. The quantitative estimate of drug-likeness (QED) is 0.513. The largest absolute Gasteiger partial charge is 0.493 e. The lowest BCUT2D eigenvalue weighted by Crippen LogP contribution is -2.38. The molecule has 1 fully saturated rings. The number of para-hydroxylation sites is 1. The van der Waals surface area contributed by atoms with Gasteiger partial charge in [-0.2, -0.15) is 0 Å². The van der Waals surface area contributed by atoms with Crippen molar-refractivity contribution in [1.29, 1.82) is 0 Å². The van der Waals surface area contributed by atoms with Crippen LogP contribution in [0.4, 0.5) is 4.39 Å². The van der Waals surface area contributed by atoms with Gasteiger partial charge in [0.25, 0.3) is 0 Å². The predicted molar refractivity (Wildman–Crippen MR) is 113 cm³/mol. The van der Waals surface area contributed by atoms with E-state index >= 15 is 0 Å². The van der Waals surface area contributed by atoms with E-state index in [1.165, 1.54) is 25.0 Å². The van der Waals surface area contributed by atoms with E-state index in [4.69, 9.17) is 14.2 Å². The second-order valence-electron chi connectivity index (χ2n) is 7.63. The van der Waals surface area contributed by atoms with E-state index in [1.54, 1.807) is 7.05 Å². The molecule has 7 heteroatoms. The summed E-state index contributed by atoms with van der Waals surface area (Å²) in [5.41, 5.74) is 2.67. The van der Waals surface area contributed by atoms with E-state index in [9.17, 15) is 4.39 Å². The standard InChI is InChI=1S/C23H28FN3O3/c1-25-23(27-12-18-4-2-3-5-21(18)29-13-16-6-7-16)26-9-8-17-10-20(24)11-19-14-28-15-30-22(17)19/h2-5,10-11,16H,6-9,12-15H2,1H3,(H2,25,26,27). The number of halogens is 1. The van der Waals surface area contributed by atoms with Crippen LogP contribution >= 0.6 is 0 Å². The van der Waals surface area contributed by atoms with Gasteiger partial charge in [0, 0.05) is 31.3 Å². The highest BCUT2D eigenvalue weighted by atomic mass is 19.1. The van der Waals surface area contributed by atoms with Gasteiger partial charge < -0.3 is 24.8 Å². The molecule has 2 aliphatic rings. The molecule has 2 aromatic rings. The highest BCUT2D eigenvalue weighted by Crippen LogP contribution is 2.31. The Labute approximate surface area is 176 Å². The third kappa shape index (κ3) is 5.42. The van der Waals surface area contributed by atoms with Crippen LogP contribution in [0.3, 0.4) is 0 Å². The number of aliphatic imine (C=N–C) groups is 1. The minimum atomic E-state index is -0.275. The summed E-state index contributed by atoms with van der Waals surface area (Å²) in [5.74, 6) is 2.77. The summed E-state index contributed by atoms with van der Waals surface area (Å²) in [7, 11) is 1.73. The average Bonchev–Trinajstić information content (AvgIpc) is 3.59. The highest BCUT2D eigenvalue weighted by Gasteiger charge is 2.22. The minimum Gasteiger partial charge on any atom is -0.493 e. The molecule has 0 unspecified atom stereocenters. The molecule has 2 N–H and O–H groups in total. The number of guanidine groups is 1. The van der Waals surface area contributed by atoms with Crippen LogP contribution in [-0.4, -0.2) is 33.0 Å². The average molecular weight is 413 g/mol. The maximum Gasteiger partial charge on any atom is 0.191 e. The molecule has 6 nitrogen and oxygen atoms in total. The summed E-state index contributed by atoms with van der Waals surface area (Å²) in [6, 6.07) is 11.1. The lowest BCUT2D eigenvalue weighted by molar-refractivity contribution is -0.0172. The molecule has 0 aromatic heterocycles. The van der Waals surface area contributed by atoms with Crippen molar-refractivity contribution < 1.29 is 18.6 Å². The van der Waals surface area contributed by atoms with Crippen LogP contribution in [0, 0.1) is 11.7 Å². The van der Waals surface area contributed by atoms with E-state index in [2.05, 4.69) is 21.7 Å². The van der Waals surface area contributed by atoms with Crippen molar-refractivity contribution >= 4 is 5.96 Å². The molecule has 0 radical (unpaired) electrons. The van der Waals surface area contributed by atoms with Crippen molar-refractivity contribution in [2.75, 3.05) is 27.0 Å². The molecule has 4 rings (SSSR count). The van der Waals surface area contributed by atoms with E-state index in [-0.39, 0.29) is 12.6 Å². The number of nitrogens with zero attached hydrogens (tertiary/aromatic N) is 1. The van der Waals surface area contributed by atoms with Gasteiger partial charge in [0.15, 0.2) is 12.8 Å². The van der Waals surface area contributed by atoms with E-state index in [0.29, 0.717) is 38.0 Å². The van der Waals surface area contributed by atoms with Gasteiger partial charge in [0.2, 0.25) is 0 Å². The van der Waals surface area contributed by atoms with Crippen molar-refractivity contribution in [3.63, 3.8) is 0 Å².